The van der Waals surface area contributed by atoms with E-state index in [4.69, 9.17) is 14.2 Å². The fraction of sp³-hybridized carbons (Fsp3) is 0.867. The topological polar surface area (TPSA) is 80.3 Å². The maximum Gasteiger partial charge on any atom is 0.410 e. The van der Waals surface area contributed by atoms with Gasteiger partial charge in [-0.25, -0.2) is 10.2 Å². The second-order valence-electron chi connectivity index (χ2n) is 6.81. The van der Waals surface area contributed by atoms with Crippen molar-refractivity contribution in [2.45, 2.75) is 32.5 Å². The highest BCUT2D eigenvalue weighted by atomic mass is 16.6. The quantitative estimate of drug-likeness (QED) is 0.798. The maximum atomic E-state index is 12.6. The molecule has 1 N–H and O–H groups in total. The SMILES string of the molecule is COC(C(=O)N1CCOCCN1)C1CN(C(=O)OC(C)(C)C)C1. The van der Waals surface area contributed by atoms with Crippen LogP contribution in [-0.4, -0.2) is 80.1 Å². The molecule has 0 aromatic heterocycles. The van der Waals surface area contributed by atoms with E-state index in [-0.39, 0.29) is 17.9 Å². The van der Waals surface area contributed by atoms with Crippen LogP contribution in [0.25, 0.3) is 0 Å². The molecule has 8 nitrogen and oxygen atoms in total. The number of methoxy groups -OCH3 is 1. The summed E-state index contributed by atoms with van der Waals surface area (Å²) in [7, 11) is 1.52. The van der Waals surface area contributed by atoms with E-state index in [9.17, 15) is 9.59 Å². The minimum Gasteiger partial charge on any atom is -0.444 e. The summed E-state index contributed by atoms with van der Waals surface area (Å²) in [4.78, 5) is 26.1. The number of amides is 2. The summed E-state index contributed by atoms with van der Waals surface area (Å²) < 4.78 is 16.0. The Bertz CT molecular complexity index is 423. The van der Waals surface area contributed by atoms with Crippen molar-refractivity contribution in [3.63, 3.8) is 0 Å². The van der Waals surface area contributed by atoms with E-state index in [1.165, 1.54) is 7.11 Å². The molecule has 1 unspecified atom stereocenters. The van der Waals surface area contributed by atoms with Gasteiger partial charge in [-0.3, -0.25) is 9.80 Å². The molecular weight excluding hydrogens is 302 g/mol. The molecule has 2 aliphatic heterocycles. The summed E-state index contributed by atoms with van der Waals surface area (Å²) in [5.74, 6) is -0.141. The number of rotatable bonds is 3. The number of hydrogen-bond donors (Lipinski definition) is 1. The number of carbonyl (C=O) groups is 2. The summed E-state index contributed by atoms with van der Waals surface area (Å²) in [5.41, 5.74) is 2.52. The Kier molecular flexibility index (Phi) is 5.83. The van der Waals surface area contributed by atoms with Crippen LogP contribution in [0.2, 0.25) is 0 Å². The number of ether oxygens (including phenoxy) is 3. The van der Waals surface area contributed by atoms with Crippen molar-refractivity contribution in [2.24, 2.45) is 5.92 Å². The van der Waals surface area contributed by atoms with Crippen molar-refractivity contribution >= 4 is 12.0 Å². The highest BCUT2D eigenvalue weighted by Crippen LogP contribution is 2.24. The third-order valence-corrected chi connectivity index (χ3v) is 3.76. The lowest BCUT2D eigenvalue weighted by molar-refractivity contribution is -0.152. The van der Waals surface area contributed by atoms with Crippen LogP contribution in [0.15, 0.2) is 0 Å². The van der Waals surface area contributed by atoms with E-state index in [0.717, 1.165) is 0 Å². The van der Waals surface area contributed by atoms with Gasteiger partial charge in [0.2, 0.25) is 0 Å². The fourth-order valence-corrected chi connectivity index (χ4v) is 2.61. The van der Waals surface area contributed by atoms with E-state index in [0.29, 0.717) is 39.4 Å². The van der Waals surface area contributed by atoms with Crippen LogP contribution in [0.5, 0.6) is 0 Å². The van der Waals surface area contributed by atoms with Gasteiger partial charge in [0.05, 0.1) is 19.8 Å². The first kappa shape index (κ1) is 18.0. The van der Waals surface area contributed by atoms with Crippen molar-refractivity contribution in [3.8, 4) is 0 Å². The zero-order valence-corrected chi connectivity index (χ0v) is 14.3. The molecule has 8 heteroatoms. The van der Waals surface area contributed by atoms with Gasteiger partial charge < -0.3 is 19.1 Å². The van der Waals surface area contributed by atoms with Gasteiger partial charge in [0.1, 0.15) is 11.7 Å². The van der Waals surface area contributed by atoms with E-state index < -0.39 is 11.7 Å². The molecule has 0 aromatic carbocycles. The van der Waals surface area contributed by atoms with Gasteiger partial charge in [-0.15, -0.1) is 0 Å². The number of hydrazine groups is 1. The van der Waals surface area contributed by atoms with Gasteiger partial charge in [0, 0.05) is 32.7 Å². The van der Waals surface area contributed by atoms with Crippen LogP contribution in [0, 0.1) is 5.92 Å². The number of likely N-dealkylation sites (tertiary alicyclic amines) is 1. The third kappa shape index (κ3) is 4.79. The van der Waals surface area contributed by atoms with E-state index >= 15 is 0 Å². The molecule has 132 valence electrons. The summed E-state index contributed by atoms with van der Waals surface area (Å²) in [5, 5.41) is 1.55. The standard InChI is InChI=1S/C15H27N3O5/c1-15(2,3)23-14(20)17-9-11(10-17)12(21-4)13(19)18-6-8-22-7-5-16-18/h11-12,16H,5-10H2,1-4H3. The maximum absolute atomic E-state index is 12.6. The van der Waals surface area contributed by atoms with Crippen LogP contribution < -0.4 is 5.43 Å². The molecule has 2 saturated heterocycles. The van der Waals surface area contributed by atoms with E-state index in [2.05, 4.69) is 5.43 Å². The summed E-state index contributed by atoms with van der Waals surface area (Å²) >= 11 is 0. The molecule has 23 heavy (non-hydrogen) atoms. The molecule has 0 bridgehead atoms. The number of carbonyl (C=O) groups excluding carboxylic acids is 2. The largest absolute Gasteiger partial charge is 0.444 e. The minimum atomic E-state index is -0.570. The van der Waals surface area contributed by atoms with Gasteiger partial charge in [0.25, 0.3) is 5.91 Å². The fourth-order valence-electron chi connectivity index (χ4n) is 2.61. The lowest BCUT2D eigenvalue weighted by Gasteiger charge is -2.43. The zero-order chi connectivity index (χ0) is 17.0. The lowest BCUT2D eigenvalue weighted by Crippen LogP contribution is -2.60. The van der Waals surface area contributed by atoms with Crippen LogP contribution in [0.4, 0.5) is 4.79 Å². The first-order chi connectivity index (χ1) is 10.8. The monoisotopic (exact) mass is 329 g/mol. The predicted octanol–water partition coefficient (Wildman–Crippen LogP) is 0.232. The number of nitrogens with zero attached hydrogens (tertiary/aromatic N) is 2. The Morgan fingerprint density at radius 3 is 2.57 bits per heavy atom. The molecule has 0 aromatic rings. The summed E-state index contributed by atoms with van der Waals surface area (Å²) in [6, 6.07) is 0. The average Bonchev–Trinajstić information content (AvgIpc) is 2.68. The van der Waals surface area contributed by atoms with Gasteiger partial charge in [-0.2, -0.15) is 0 Å². The predicted molar refractivity (Wildman–Crippen MR) is 82.6 cm³/mol. The molecular formula is C15H27N3O5. The number of nitrogens with one attached hydrogen (secondary N) is 1. The molecule has 0 radical (unpaired) electrons. The molecule has 0 spiro atoms. The zero-order valence-electron chi connectivity index (χ0n) is 14.3. The minimum absolute atomic E-state index is 0.0222. The highest BCUT2D eigenvalue weighted by molar-refractivity contribution is 5.81. The van der Waals surface area contributed by atoms with Crippen LogP contribution in [0.3, 0.4) is 0 Å². The Morgan fingerprint density at radius 2 is 1.96 bits per heavy atom. The molecule has 1 atom stereocenters. The van der Waals surface area contributed by atoms with E-state index in [1.807, 2.05) is 20.8 Å². The molecule has 0 aliphatic carbocycles. The Balaban J connectivity index is 1.86. The van der Waals surface area contributed by atoms with Crippen molar-refractivity contribution < 1.29 is 23.8 Å². The van der Waals surface area contributed by atoms with Crippen molar-refractivity contribution in [1.29, 1.82) is 0 Å². The first-order valence-electron chi connectivity index (χ1n) is 7.95. The third-order valence-electron chi connectivity index (χ3n) is 3.76. The van der Waals surface area contributed by atoms with Crippen molar-refractivity contribution in [2.75, 3.05) is 46.5 Å². The lowest BCUT2D eigenvalue weighted by atomic mass is 9.93. The van der Waals surface area contributed by atoms with Crippen LogP contribution in [-0.2, 0) is 19.0 Å². The average molecular weight is 329 g/mol. The first-order valence-corrected chi connectivity index (χ1v) is 7.95. The second kappa shape index (κ2) is 7.46. The number of hydrogen-bond acceptors (Lipinski definition) is 6. The second-order valence-corrected chi connectivity index (χ2v) is 6.81. The van der Waals surface area contributed by atoms with Crippen molar-refractivity contribution in [3.05, 3.63) is 0 Å². The van der Waals surface area contributed by atoms with Crippen molar-refractivity contribution in [1.82, 2.24) is 15.3 Å². The van der Waals surface area contributed by atoms with Crippen LogP contribution in [0.1, 0.15) is 20.8 Å². The van der Waals surface area contributed by atoms with Crippen LogP contribution >= 0.6 is 0 Å². The molecule has 2 heterocycles. The van der Waals surface area contributed by atoms with Gasteiger partial charge in [-0.05, 0) is 20.8 Å². The molecule has 2 amide bonds. The highest BCUT2D eigenvalue weighted by Gasteiger charge is 2.42. The van der Waals surface area contributed by atoms with Gasteiger partial charge >= 0.3 is 6.09 Å². The molecule has 0 saturated carbocycles. The molecule has 2 rings (SSSR count). The van der Waals surface area contributed by atoms with E-state index in [1.54, 1.807) is 9.91 Å². The van der Waals surface area contributed by atoms with Gasteiger partial charge in [-0.1, -0.05) is 0 Å². The summed E-state index contributed by atoms with van der Waals surface area (Å²) in [6.07, 6.45) is -0.920. The Hall–Kier alpha value is -1.38. The molecule has 2 aliphatic rings. The molecule has 2 fully saturated rings. The Morgan fingerprint density at radius 1 is 1.26 bits per heavy atom. The smallest absolute Gasteiger partial charge is 0.410 e. The Labute approximate surface area is 137 Å². The normalized spacial score (nSPS) is 21.4. The summed E-state index contributed by atoms with van der Waals surface area (Å²) in [6.45, 7) is 8.58. The van der Waals surface area contributed by atoms with Gasteiger partial charge in [0.15, 0.2) is 0 Å².